The van der Waals surface area contributed by atoms with Gasteiger partial charge in [0.05, 0.1) is 21.8 Å². The van der Waals surface area contributed by atoms with Crippen LogP contribution in [0.2, 0.25) is 10.0 Å². The summed E-state index contributed by atoms with van der Waals surface area (Å²) in [5.41, 5.74) is 0.390. The molecule has 0 aromatic heterocycles. The Kier molecular flexibility index (Phi) is 5.29. The van der Waals surface area contributed by atoms with Crippen LogP contribution in [0.1, 0.15) is 20.3 Å². The standard InChI is InChI=1S/C17H20Cl2N4O3/c1-8(2)14-16(25)23-7-9(6-12(23)15(24)22-14)20-17(26)21-11-5-3-4-10(18)13(11)19/h3-5,8-9,12,14H,6-7H2,1-2H3,(H,22,24)(H2,20,21,26)/t9-,12-,14+/m0/s1. The summed E-state index contributed by atoms with van der Waals surface area (Å²) in [6.45, 7) is 4.07. The fourth-order valence-corrected chi connectivity index (χ4v) is 3.67. The van der Waals surface area contributed by atoms with Gasteiger partial charge in [-0.1, -0.05) is 43.1 Å². The highest BCUT2D eigenvalue weighted by molar-refractivity contribution is 6.43. The lowest BCUT2D eigenvalue weighted by Gasteiger charge is -2.36. The molecule has 3 N–H and O–H groups in total. The molecule has 0 spiro atoms. The Morgan fingerprint density at radius 1 is 1.31 bits per heavy atom. The molecule has 0 radical (unpaired) electrons. The highest BCUT2D eigenvalue weighted by Crippen LogP contribution is 2.30. The molecule has 26 heavy (non-hydrogen) atoms. The van der Waals surface area contributed by atoms with Gasteiger partial charge in [0, 0.05) is 6.54 Å². The van der Waals surface area contributed by atoms with Crippen molar-refractivity contribution in [2.24, 2.45) is 5.92 Å². The number of urea groups is 1. The van der Waals surface area contributed by atoms with E-state index in [2.05, 4.69) is 16.0 Å². The number of halogens is 2. The van der Waals surface area contributed by atoms with Crippen molar-refractivity contribution in [3.8, 4) is 0 Å². The average Bonchev–Trinajstić information content (AvgIpc) is 2.99. The summed E-state index contributed by atoms with van der Waals surface area (Å²) in [6.07, 6.45) is 0.374. The average molecular weight is 399 g/mol. The summed E-state index contributed by atoms with van der Waals surface area (Å²) in [6, 6.07) is 3.09. The molecule has 1 aromatic rings. The summed E-state index contributed by atoms with van der Waals surface area (Å²) in [4.78, 5) is 38.6. The third-order valence-corrected chi connectivity index (χ3v) is 5.47. The number of anilines is 1. The number of nitrogens with zero attached hydrogens (tertiary/aromatic N) is 1. The van der Waals surface area contributed by atoms with E-state index in [0.717, 1.165) is 0 Å². The van der Waals surface area contributed by atoms with E-state index in [4.69, 9.17) is 23.2 Å². The van der Waals surface area contributed by atoms with Crippen LogP contribution in [0.4, 0.5) is 10.5 Å². The van der Waals surface area contributed by atoms with Crippen LogP contribution in [0.15, 0.2) is 18.2 Å². The van der Waals surface area contributed by atoms with E-state index in [-0.39, 0.29) is 28.8 Å². The highest BCUT2D eigenvalue weighted by Gasteiger charge is 2.47. The van der Waals surface area contributed by atoms with Gasteiger partial charge in [-0.2, -0.15) is 0 Å². The smallest absolute Gasteiger partial charge is 0.319 e. The lowest BCUT2D eigenvalue weighted by atomic mass is 9.98. The predicted molar refractivity (Wildman–Crippen MR) is 99.3 cm³/mol. The molecule has 2 heterocycles. The van der Waals surface area contributed by atoms with E-state index >= 15 is 0 Å². The Bertz CT molecular complexity index is 756. The van der Waals surface area contributed by atoms with Gasteiger partial charge >= 0.3 is 6.03 Å². The van der Waals surface area contributed by atoms with Gasteiger partial charge in [-0.25, -0.2) is 4.79 Å². The number of amides is 4. The summed E-state index contributed by atoms with van der Waals surface area (Å²) < 4.78 is 0. The van der Waals surface area contributed by atoms with Crippen LogP contribution in [0.3, 0.4) is 0 Å². The van der Waals surface area contributed by atoms with E-state index < -0.39 is 18.1 Å². The second-order valence-corrected chi connectivity index (χ2v) is 7.65. The molecule has 2 aliphatic rings. The van der Waals surface area contributed by atoms with Crippen molar-refractivity contribution in [2.75, 3.05) is 11.9 Å². The number of piperazine rings is 1. The molecular formula is C17H20Cl2N4O3. The molecule has 3 atom stereocenters. The Balaban J connectivity index is 1.64. The zero-order valence-electron chi connectivity index (χ0n) is 14.4. The maximum atomic E-state index is 12.5. The largest absolute Gasteiger partial charge is 0.342 e. The Morgan fingerprint density at radius 2 is 2.04 bits per heavy atom. The van der Waals surface area contributed by atoms with Crippen LogP contribution in [-0.2, 0) is 9.59 Å². The van der Waals surface area contributed by atoms with Gasteiger partial charge in [0.2, 0.25) is 11.8 Å². The van der Waals surface area contributed by atoms with E-state index in [0.29, 0.717) is 23.7 Å². The Morgan fingerprint density at radius 3 is 2.73 bits per heavy atom. The number of hydrogen-bond acceptors (Lipinski definition) is 3. The number of hydrogen-bond donors (Lipinski definition) is 3. The molecular weight excluding hydrogens is 379 g/mol. The second kappa shape index (κ2) is 7.32. The molecule has 2 aliphatic heterocycles. The molecule has 7 nitrogen and oxygen atoms in total. The SMILES string of the molecule is CC(C)[C@H]1NC(=O)[C@@H]2C[C@H](NC(=O)Nc3cccc(Cl)c3Cl)CN2C1=O. The van der Waals surface area contributed by atoms with Crippen molar-refractivity contribution in [3.05, 3.63) is 28.2 Å². The summed E-state index contributed by atoms with van der Waals surface area (Å²) in [5.74, 6) is -0.272. The first-order valence-electron chi connectivity index (χ1n) is 8.40. The minimum Gasteiger partial charge on any atom is -0.342 e. The number of fused-ring (bicyclic) bond motifs is 1. The van der Waals surface area contributed by atoms with Gasteiger partial charge in [0.1, 0.15) is 12.1 Å². The lowest BCUT2D eigenvalue weighted by molar-refractivity contribution is -0.148. The van der Waals surface area contributed by atoms with Gasteiger partial charge in [-0.15, -0.1) is 0 Å². The minimum absolute atomic E-state index is 0.00711. The topological polar surface area (TPSA) is 90.5 Å². The number of benzene rings is 1. The molecule has 2 saturated heterocycles. The van der Waals surface area contributed by atoms with E-state index in [9.17, 15) is 14.4 Å². The quantitative estimate of drug-likeness (QED) is 0.728. The van der Waals surface area contributed by atoms with Crippen molar-refractivity contribution in [1.29, 1.82) is 0 Å². The molecule has 0 aliphatic carbocycles. The predicted octanol–water partition coefficient (Wildman–Crippen LogP) is 2.24. The second-order valence-electron chi connectivity index (χ2n) is 6.87. The molecule has 0 bridgehead atoms. The third kappa shape index (κ3) is 3.59. The van der Waals surface area contributed by atoms with Crippen LogP contribution in [0.25, 0.3) is 0 Å². The fourth-order valence-electron chi connectivity index (χ4n) is 3.32. The van der Waals surface area contributed by atoms with Crippen molar-refractivity contribution in [2.45, 2.75) is 38.4 Å². The van der Waals surface area contributed by atoms with E-state index in [1.54, 1.807) is 23.1 Å². The van der Waals surface area contributed by atoms with Crippen molar-refractivity contribution in [1.82, 2.24) is 15.5 Å². The van der Waals surface area contributed by atoms with Crippen molar-refractivity contribution in [3.63, 3.8) is 0 Å². The van der Waals surface area contributed by atoms with Gasteiger partial charge in [0.25, 0.3) is 0 Å². The van der Waals surface area contributed by atoms with Crippen molar-refractivity contribution >= 4 is 46.7 Å². The number of carbonyl (C=O) groups excluding carboxylic acids is 3. The number of rotatable bonds is 3. The molecule has 0 saturated carbocycles. The Labute approximate surface area is 161 Å². The monoisotopic (exact) mass is 398 g/mol. The summed E-state index contributed by atoms with van der Waals surface area (Å²) in [7, 11) is 0. The van der Waals surface area contributed by atoms with Crippen LogP contribution in [0.5, 0.6) is 0 Å². The van der Waals surface area contributed by atoms with Gasteiger partial charge in [-0.05, 0) is 24.5 Å². The maximum absolute atomic E-state index is 12.5. The summed E-state index contributed by atoms with van der Waals surface area (Å²) in [5, 5.41) is 8.79. The minimum atomic E-state index is -0.544. The van der Waals surface area contributed by atoms with Crippen LogP contribution in [0, 0.1) is 5.92 Å². The van der Waals surface area contributed by atoms with Crippen LogP contribution in [-0.4, -0.2) is 47.4 Å². The first-order valence-corrected chi connectivity index (χ1v) is 9.16. The zero-order chi connectivity index (χ0) is 19.0. The van der Waals surface area contributed by atoms with Gasteiger partial charge in [-0.3, -0.25) is 9.59 Å². The first-order chi connectivity index (χ1) is 12.3. The molecule has 1 aromatic carbocycles. The fraction of sp³-hybridized carbons (Fsp3) is 0.471. The first kappa shape index (κ1) is 18.8. The molecule has 3 rings (SSSR count). The van der Waals surface area contributed by atoms with E-state index in [1.807, 2.05) is 13.8 Å². The van der Waals surface area contributed by atoms with Crippen LogP contribution < -0.4 is 16.0 Å². The maximum Gasteiger partial charge on any atom is 0.319 e. The summed E-state index contributed by atoms with van der Waals surface area (Å²) >= 11 is 12.0. The van der Waals surface area contributed by atoms with Gasteiger partial charge in [0.15, 0.2) is 0 Å². The lowest BCUT2D eigenvalue weighted by Crippen LogP contribution is -2.62. The highest BCUT2D eigenvalue weighted by atomic mass is 35.5. The molecule has 2 fully saturated rings. The normalized spacial score (nSPS) is 25.1. The number of carbonyl (C=O) groups is 3. The van der Waals surface area contributed by atoms with Crippen LogP contribution >= 0.6 is 23.2 Å². The molecule has 4 amide bonds. The molecule has 0 unspecified atom stereocenters. The molecule has 140 valence electrons. The van der Waals surface area contributed by atoms with Gasteiger partial charge < -0.3 is 20.9 Å². The zero-order valence-corrected chi connectivity index (χ0v) is 15.9. The van der Waals surface area contributed by atoms with E-state index in [1.165, 1.54) is 0 Å². The Hall–Kier alpha value is -1.99. The molecule has 9 heteroatoms. The van der Waals surface area contributed by atoms with Crippen molar-refractivity contribution < 1.29 is 14.4 Å². The third-order valence-electron chi connectivity index (χ3n) is 4.65. The number of nitrogens with one attached hydrogen (secondary N) is 3.